The third kappa shape index (κ3) is 55.6. The topological polar surface area (TPSA) is 78.9 Å². The normalized spacial score (nSPS) is 12.6. The summed E-state index contributed by atoms with van der Waals surface area (Å²) < 4.78 is 16.6. The maximum absolute atomic E-state index is 12.7. The van der Waals surface area contributed by atoms with Gasteiger partial charge < -0.3 is 14.2 Å². The first-order chi connectivity index (χ1) is 34.0. The van der Waals surface area contributed by atoms with Crippen molar-refractivity contribution in [1.82, 2.24) is 0 Å². The molecule has 0 aliphatic heterocycles. The van der Waals surface area contributed by atoms with E-state index in [0.717, 1.165) is 89.9 Å². The number of esters is 3. The summed E-state index contributed by atoms with van der Waals surface area (Å²) in [6.45, 7) is 6.40. The molecule has 0 amide bonds. The number of hydrogen-bond acceptors (Lipinski definition) is 6. The van der Waals surface area contributed by atoms with E-state index in [0.29, 0.717) is 19.3 Å². The lowest BCUT2D eigenvalue weighted by Crippen LogP contribution is -2.30. The lowest BCUT2D eigenvalue weighted by atomic mass is 10.0. The molecule has 0 aliphatic carbocycles. The van der Waals surface area contributed by atoms with Gasteiger partial charge in [0.25, 0.3) is 0 Å². The Hall–Kier alpha value is -3.15. The van der Waals surface area contributed by atoms with Crippen molar-refractivity contribution >= 4 is 17.9 Å². The molecule has 6 nitrogen and oxygen atoms in total. The zero-order valence-corrected chi connectivity index (χ0v) is 45.6. The first kappa shape index (κ1) is 65.8. The molecule has 398 valence electrons. The van der Waals surface area contributed by atoms with Gasteiger partial charge in [0.1, 0.15) is 13.2 Å². The molecule has 0 aliphatic rings. The average molecular weight is 964 g/mol. The van der Waals surface area contributed by atoms with E-state index in [9.17, 15) is 14.4 Å². The molecule has 0 aromatic heterocycles. The fraction of sp³-hybridized carbons (Fsp3) is 0.762. The lowest BCUT2D eigenvalue weighted by Gasteiger charge is -2.18. The van der Waals surface area contributed by atoms with Crippen LogP contribution in [0.1, 0.15) is 290 Å². The van der Waals surface area contributed by atoms with Gasteiger partial charge in [-0.15, -0.1) is 0 Å². The van der Waals surface area contributed by atoms with Gasteiger partial charge in [0.15, 0.2) is 6.10 Å². The summed E-state index contributed by atoms with van der Waals surface area (Å²) in [5, 5.41) is 0. The van der Waals surface area contributed by atoms with Gasteiger partial charge >= 0.3 is 17.9 Å². The third-order valence-corrected chi connectivity index (χ3v) is 12.7. The number of ether oxygens (including phenoxy) is 3. The van der Waals surface area contributed by atoms with Crippen molar-refractivity contribution in [2.75, 3.05) is 13.2 Å². The molecule has 0 aromatic rings. The molecule has 0 bridgehead atoms. The molecule has 0 saturated carbocycles. The Balaban J connectivity index is 4.09. The molecule has 0 N–H and O–H groups in total. The number of unbranched alkanes of at least 4 members (excludes halogenated alkanes) is 30. The molecule has 1 atom stereocenters. The SMILES string of the molecule is CC/C=C\C/C=C\C/C=C\C/C=C\C/C=C\C/C=C\CCC(=O)OC(COC(=O)CCCCCCC)COC(=O)CCCCCCCCCCCCCCCCCCCCCCCCCCCCC. The maximum Gasteiger partial charge on any atom is 0.306 e. The Morgan fingerprint density at radius 1 is 0.304 bits per heavy atom. The van der Waals surface area contributed by atoms with Crippen LogP contribution in [0.3, 0.4) is 0 Å². The maximum atomic E-state index is 12.7. The van der Waals surface area contributed by atoms with E-state index in [2.05, 4.69) is 81.5 Å². The number of carbonyl (C=O) groups excluding carboxylic acids is 3. The summed E-state index contributed by atoms with van der Waals surface area (Å²) in [6.07, 6.45) is 74.0. The first-order valence-electron chi connectivity index (χ1n) is 29.4. The van der Waals surface area contributed by atoms with Crippen LogP contribution in [0.25, 0.3) is 0 Å². The predicted molar refractivity (Wildman–Crippen MR) is 298 cm³/mol. The molecule has 6 heteroatoms. The van der Waals surface area contributed by atoms with Crippen molar-refractivity contribution in [1.29, 1.82) is 0 Å². The first-order valence-corrected chi connectivity index (χ1v) is 29.4. The minimum absolute atomic E-state index is 0.103. The van der Waals surface area contributed by atoms with E-state index >= 15 is 0 Å². The predicted octanol–water partition coefficient (Wildman–Crippen LogP) is 19.8. The number of hydrogen-bond donors (Lipinski definition) is 0. The summed E-state index contributed by atoms with van der Waals surface area (Å²) in [7, 11) is 0. The standard InChI is InChI=1S/C63H110O6/c1-4-7-10-13-15-17-19-21-23-25-27-28-29-30-31-32-33-34-36-37-39-41-43-45-47-50-53-56-62(65)68-59-60(58-67-61(64)55-52-49-12-9-6-3)69-63(66)57-54-51-48-46-44-42-40-38-35-26-24-22-20-18-16-14-11-8-5-2/h8,11,16,18,22,24,35,38,42,44,48,51,60H,4-7,9-10,12-15,17,19-21,23,25-34,36-37,39-41,43,45-47,49-50,52-59H2,1-3H3/b11-8-,18-16-,24-22-,38-35-,44-42-,51-48-. The van der Waals surface area contributed by atoms with Crippen LogP contribution in [0.15, 0.2) is 72.9 Å². The lowest BCUT2D eigenvalue weighted by molar-refractivity contribution is -0.166. The molecule has 1 unspecified atom stereocenters. The molecular formula is C63H110O6. The second-order valence-corrected chi connectivity index (χ2v) is 19.5. The van der Waals surface area contributed by atoms with Crippen molar-refractivity contribution in [2.45, 2.75) is 297 Å². The monoisotopic (exact) mass is 963 g/mol. The number of allylic oxidation sites excluding steroid dienone is 12. The fourth-order valence-electron chi connectivity index (χ4n) is 8.35. The number of carbonyl (C=O) groups is 3. The van der Waals surface area contributed by atoms with Crippen LogP contribution in [0, 0.1) is 0 Å². The Kier molecular flexibility index (Phi) is 54.8. The van der Waals surface area contributed by atoms with Gasteiger partial charge in [0.2, 0.25) is 0 Å². The quantitative estimate of drug-likeness (QED) is 0.0262. The van der Waals surface area contributed by atoms with E-state index < -0.39 is 12.1 Å². The molecular weight excluding hydrogens is 853 g/mol. The molecule has 0 radical (unpaired) electrons. The van der Waals surface area contributed by atoms with Gasteiger partial charge in [-0.05, 0) is 57.8 Å². The molecule has 0 rings (SSSR count). The highest BCUT2D eigenvalue weighted by Crippen LogP contribution is 2.17. The highest BCUT2D eigenvalue weighted by atomic mass is 16.6. The van der Waals surface area contributed by atoms with Gasteiger partial charge in [-0.25, -0.2) is 0 Å². The van der Waals surface area contributed by atoms with Crippen LogP contribution in [-0.4, -0.2) is 37.2 Å². The Morgan fingerprint density at radius 2 is 0.565 bits per heavy atom. The Labute approximate surface area is 427 Å². The highest BCUT2D eigenvalue weighted by molar-refractivity contribution is 5.71. The third-order valence-electron chi connectivity index (χ3n) is 12.7. The second-order valence-electron chi connectivity index (χ2n) is 19.5. The van der Waals surface area contributed by atoms with Crippen LogP contribution in [0.2, 0.25) is 0 Å². The zero-order chi connectivity index (χ0) is 50.0. The molecule has 0 fully saturated rings. The largest absolute Gasteiger partial charge is 0.462 e. The van der Waals surface area contributed by atoms with Gasteiger partial charge in [-0.3, -0.25) is 14.4 Å². The van der Waals surface area contributed by atoms with E-state index in [1.165, 1.54) is 154 Å². The molecule has 69 heavy (non-hydrogen) atoms. The van der Waals surface area contributed by atoms with Gasteiger partial charge in [0.05, 0.1) is 0 Å². The van der Waals surface area contributed by atoms with Crippen LogP contribution >= 0.6 is 0 Å². The smallest absolute Gasteiger partial charge is 0.306 e. The number of rotatable bonds is 53. The molecule has 0 aromatic carbocycles. The van der Waals surface area contributed by atoms with Gasteiger partial charge in [0, 0.05) is 19.3 Å². The Morgan fingerprint density at radius 3 is 0.855 bits per heavy atom. The van der Waals surface area contributed by atoms with Crippen molar-refractivity contribution in [2.24, 2.45) is 0 Å². The molecule has 0 saturated heterocycles. The van der Waals surface area contributed by atoms with Crippen LogP contribution < -0.4 is 0 Å². The molecule has 0 spiro atoms. The van der Waals surface area contributed by atoms with E-state index in [1.54, 1.807) is 0 Å². The highest BCUT2D eigenvalue weighted by Gasteiger charge is 2.19. The summed E-state index contributed by atoms with van der Waals surface area (Å²) in [5.74, 6) is -0.995. The second kappa shape index (κ2) is 57.4. The van der Waals surface area contributed by atoms with E-state index in [-0.39, 0.29) is 31.6 Å². The molecule has 0 heterocycles. The van der Waals surface area contributed by atoms with Crippen molar-refractivity contribution in [3.05, 3.63) is 72.9 Å². The van der Waals surface area contributed by atoms with Gasteiger partial charge in [-0.1, -0.05) is 286 Å². The minimum atomic E-state index is -0.811. The van der Waals surface area contributed by atoms with Crippen molar-refractivity contribution in [3.8, 4) is 0 Å². The van der Waals surface area contributed by atoms with E-state index in [1.807, 2.05) is 12.2 Å². The van der Waals surface area contributed by atoms with E-state index in [4.69, 9.17) is 14.2 Å². The van der Waals surface area contributed by atoms with Crippen LogP contribution in [0.4, 0.5) is 0 Å². The van der Waals surface area contributed by atoms with Crippen LogP contribution in [-0.2, 0) is 28.6 Å². The summed E-state index contributed by atoms with van der Waals surface area (Å²) in [6, 6.07) is 0. The fourth-order valence-corrected chi connectivity index (χ4v) is 8.35. The minimum Gasteiger partial charge on any atom is -0.462 e. The van der Waals surface area contributed by atoms with Crippen LogP contribution in [0.5, 0.6) is 0 Å². The van der Waals surface area contributed by atoms with Crippen molar-refractivity contribution < 1.29 is 28.6 Å². The van der Waals surface area contributed by atoms with Gasteiger partial charge in [-0.2, -0.15) is 0 Å². The van der Waals surface area contributed by atoms with Crippen molar-refractivity contribution in [3.63, 3.8) is 0 Å². The summed E-state index contributed by atoms with van der Waals surface area (Å²) in [4.78, 5) is 37.7. The summed E-state index contributed by atoms with van der Waals surface area (Å²) in [5.41, 5.74) is 0. The summed E-state index contributed by atoms with van der Waals surface area (Å²) >= 11 is 0. The Bertz CT molecular complexity index is 1290. The zero-order valence-electron chi connectivity index (χ0n) is 45.6. The average Bonchev–Trinajstić information content (AvgIpc) is 3.35.